The monoisotopic (exact) mass is 450 g/mol. The highest BCUT2D eigenvalue weighted by molar-refractivity contribution is 9.10. The summed E-state index contributed by atoms with van der Waals surface area (Å²) in [7, 11) is -4.09. The first-order chi connectivity index (χ1) is 12.7. The van der Waals surface area contributed by atoms with Gasteiger partial charge in [0.1, 0.15) is 6.04 Å². The van der Waals surface area contributed by atoms with Crippen LogP contribution in [-0.2, 0) is 19.6 Å². The Hall–Kier alpha value is -2.19. The van der Waals surface area contributed by atoms with Crippen LogP contribution < -0.4 is 5.32 Å². The molecule has 27 heavy (non-hydrogen) atoms. The Kier molecular flexibility index (Phi) is 5.39. The molecular formula is C19H19BrN2O4S. The Morgan fingerprint density at radius 3 is 2.44 bits per heavy atom. The topological polar surface area (TPSA) is 83.6 Å². The van der Waals surface area contributed by atoms with Crippen LogP contribution in [0.15, 0.2) is 51.8 Å². The number of carbonyl (C=O) groups excluding carboxylic acids is 2. The number of halogens is 1. The molecule has 2 aromatic rings. The number of hydrogen-bond acceptors (Lipinski definition) is 4. The lowest BCUT2D eigenvalue weighted by Gasteiger charge is -2.24. The van der Waals surface area contributed by atoms with Crippen LogP contribution >= 0.6 is 15.9 Å². The number of anilines is 1. The number of nitrogens with zero attached hydrogens (tertiary/aromatic N) is 1. The summed E-state index contributed by atoms with van der Waals surface area (Å²) < 4.78 is 27.5. The molecule has 3 rings (SSSR count). The molecule has 0 aliphatic carbocycles. The van der Waals surface area contributed by atoms with Gasteiger partial charge in [0.2, 0.25) is 11.8 Å². The summed E-state index contributed by atoms with van der Waals surface area (Å²) in [5.41, 5.74) is 2.38. The van der Waals surface area contributed by atoms with E-state index in [2.05, 4.69) is 21.2 Å². The highest BCUT2D eigenvalue weighted by Crippen LogP contribution is 2.29. The lowest BCUT2D eigenvalue weighted by Crippen LogP contribution is -2.45. The van der Waals surface area contributed by atoms with E-state index in [4.69, 9.17) is 0 Å². The molecule has 0 saturated carbocycles. The van der Waals surface area contributed by atoms with E-state index in [0.717, 1.165) is 19.9 Å². The molecule has 2 amide bonds. The number of amides is 2. The summed E-state index contributed by atoms with van der Waals surface area (Å²) in [6.45, 7) is 3.72. The van der Waals surface area contributed by atoms with Gasteiger partial charge in [-0.05, 0) is 56.2 Å². The summed E-state index contributed by atoms with van der Waals surface area (Å²) in [5, 5.41) is 2.72. The van der Waals surface area contributed by atoms with Gasteiger partial charge in [0.25, 0.3) is 10.0 Å². The number of sulfonamides is 1. The third-order valence-corrected chi connectivity index (χ3v) is 7.20. The quantitative estimate of drug-likeness (QED) is 0.773. The maximum Gasteiger partial charge on any atom is 0.267 e. The fourth-order valence-electron chi connectivity index (χ4n) is 2.97. The van der Waals surface area contributed by atoms with Crippen molar-refractivity contribution in [3.63, 3.8) is 0 Å². The lowest BCUT2D eigenvalue weighted by atomic mass is 10.2. The molecule has 1 heterocycles. The van der Waals surface area contributed by atoms with Crippen LogP contribution in [0.4, 0.5) is 5.69 Å². The minimum absolute atomic E-state index is 0.000589. The van der Waals surface area contributed by atoms with Crippen LogP contribution in [0.3, 0.4) is 0 Å². The van der Waals surface area contributed by atoms with Gasteiger partial charge in [-0.3, -0.25) is 9.59 Å². The fourth-order valence-corrected chi connectivity index (χ4v) is 4.82. The maximum atomic E-state index is 12.9. The average molecular weight is 451 g/mol. The van der Waals surface area contributed by atoms with E-state index in [1.165, 1.54) is 12.1 Å². The van der Waals surface area contributed by atoms with E-state index in [0.29, 0.717) is 5.69 Å². The number of benzene rings is 2. The molecule has 1 atom stereocenters. The smallest absolute Gasteiger partial charge is 0.267 e. The van der Waals surface area contributed by atoms with E-state index in [9.17, 15) is 18.0 Å². The van der Waals surface area contributed by atoms with E-state index in [1.807, 2.05) is 13.8 Å². The Balaban J connectivity index is 1.88. The Morgan fingerprint density at radius 2 is 1.81 bits per heavy atom. The van der Waals surface area contributed by atoms with Gasteiger partial charge < -0.3 is 5.32 Å². The van der Waals surface area contributed by atoms with Crippen LogP contribution in [0.1, 0.15) is 24.0 Å². The second kappa shape index (κ2) is 7.44. The predicted molar refractivity (Wildman–Crippen MR) is 106 cm³/mol. The third kappa shape index (κ3) is 3.91. The molecule has 1 aliphatic heterocycles. The van der Waals surface area contributed by atoms with Crippen molar-refractivity contribution in [2.24, 2.45) is 0 Å². The molecule has 1 fully saturated rings. The van der Waals surface area contributed by atoms with Crippen LogP contribution in [0.2, 0.25) is 0 Å². The van der Waals surface area contributed by atoms with E-state index in [1.54, 1.807) is 30.3 Å². The molecule has 1 N–H and O–H groups in total. The van der Waals surface area contributed by atoms with Gasteiger partial charge in [0, 0.05) is 16.6 Å². The van der Waals surface area contributed by atoms with Gasteiger partial charge in [-0.1, -0.05) is 33.6 Å². The molecule has 2 aromatic carbocycles. The van der Waals surface area contributed by atoms with Gasteiger partial charge in [0.05, 0.1) is 4.90 Å². The molecule has 0 spiro atoms. The van der Waals surface area contributed by atoms with Gasteiger partial charge in [0.15, 0.2) is 0 Å². The number of aryl methyl sites for hydroxylation is 2. The minimum Gasteiger partial charge on any atom is -0.324 e. The number of nitrogens with one attached hydrogen (secondary N) is 1. The lowest BCUT2D eigenvalue weighted by molar-refractivity contribution is -0.128. The van der Waals surface area contributed by atoms with Crippen molar-refractivity contribution in [3.05, 3.63) is 58.1 Å². The van der Waals surface area contributed by atoms with E-state index in [-0.39, 0.29) is 17.7 Å². The molecular weight excluding hydrogens is 432 g/mol. The van der Waals surface area contributed by atoms with Crippen LogP contribution in [0.25, 0.3) is 0 Å². The highest BCUT2D eigenvalue weighted by Gasteiger charge is 2.44. The SMILES string of the molecule is Cc1ccc(S(=O)(=O)N2C(=O)CCC2C(=O)Nc2ccc(Br)c(C)c2)cc1. The first-order valence-electron chi connectivity index (χ1n) is 8.41. The summed E-state index contributed by atoms with van der Waals surface area (Å²) in [5.74, 6) is -1.08. The molecule has 0 aromatic heterocycles. The van der Waals surface area contributed by atoms with Gasteiger partial charge >= 0.3 is 0 Å². The number of hydrogen-bond donors (Lipinski definition) is 1. The first-order valence-corrected chi connectivity index (χ1v) is 10.6. The number of carbonyl (C=O) groups is 2. The average Bonchev–Trinajstić information content (AvgIpc) is 3.01. The maximum absolute atomic E-state index is 12.9. The van der Waals surface area contributed by atoms with Crippen molar-refractivity contribution < 1.29 is 18.0 Å². The molecule has 1 unspecified atom stereocenters. The molecule has 6 nitrogen and oxygen atoms in total. The largest absolute Gasteiger partial charge is 0.324 e. The molecule has 0 bridgehead atoms. The standard InChI is InChI=1S/C19H19BrN2O4S/c1-12-3-6-15(7-4-12)27(25,26)22-17(9-10-18(22)23)19(24)21-14-5-8-16(20)13(2)11-14/h3-8,11,17H,9-10H2,1-2H3,(H,21,24). The number of rotatable bonds is 4. The van der Waals surface area contributed by atoms with Crippen molar-refractivity contribution in [2.75, 3.05) is 5.32 Å². The fraction of sp³-hybridized carbons (Fsp3) is 0.263. The predicted octanol–water partition coefficient (Wildman–Crippen LogP) is 3.38. The van der Waals surface area contributed by atoms with Crippen LogP contribution in [0.5, 0.6) is 0 Å². The van der Waals surface area contributed by atoms with Crippen molar-refractivity contribution in [2.45, 2.75) is 37.6 Å². The summed E-state index contributed by atoms with van der Waals surface area (Å²) >= 11 is 3.39. The Bertz CT molecular complexity index is 1000. The van der Waals surface area contributed by atoms with Crippen molar-refractivity contribution in [3.8, 4) is 0 Å². The second-order valence-electron chi connectivity index (χ2n) is 6.52. The highest BCUT2D eigenvalue weighted by atomic mass is 79.9. The van der Waals surface area contributed by atoms with E-state index >= 15 is 0 Å². The van der Waals surface area contributed by atoms with Crippen molar-refractivity contribution in [1.82, 2.24) is 4.31 Å². The van der Waals surface area contributed by atoms with Gasteiger partial charge in [-0.15, -0.1) is 0 Å². The van der Waals surface area contributed by atoms with Gasteiger partial charge in [-0.25, -0.2) is 12.7 Å². The first kappa shape index (κ1) is 19.6. The molecule has 0 radical (unpaired) electrons. The third-order valence-electron chi connectivity index (χ3n) is 4.47. The summed E-state index contributed by atoms with van der Waals surface area (Å²) in [6.07, 6.45) is 0.174. The normalized spacial score (nSPS) is 17.2. The van der Waals surface area contributed by atoms with Crippen LogP contribution in [-0.4, -0.2) is 30.6 Å². The zero-order valence-corrected chi connectivity index (χ0v) is 17.3. The van der Waals surface area contributed by atoms with Gasteiger partial charge in [-0.2, -0.15) is 0 Å². The zero-order valence-electron chi connectivity index (χ0n) is 14.9. The molecule has 1 saturated heterocycles. The molecule has 1 aliphatic rings. The zero-order chi connectivity index (χ0) is 19.8. The molecule has 142 valence electrons. The minimum atomic E-state index is -4.09. The van der Waals surface area contributed by atoms with E-state index < -0.39 is 27.9 Å². The Labute approximate surface area is 166 Å². The second-order valence-corrected chi connectivity index (χ2v) is 9.18. The van der Waals surface area contributed by atoms with Crippen LogP contribution in [0, 0.1) is 13.8 Å². The Morgan fingerprint density at radius 1 is 1.15 bits per heavy atom. The van der Waals surface area contributed by atoms with Crippen molar-refractivity contribution in [1.29, 1.82) is 0 Å². The summed E-state index contributed by atoms with van der Waals surface area (Å²) in [6, 6.07) is 10.4. The summed E-state index contributed by atoms with van der Waals surface area (Å²) in [4.78, 5) is 25.0. The molecule has 8 heteroatoms. The van der Waals surface area contributed by atoms with Crippen molar-refractivity contribution >= 4 is 43.5 Å².